The van der Waals surface area contributed by atoms with Crippen molar-refractivity contribution in [3.63, 3.8) is 0 Å². The average Bonchev–Trinajstić information content (AvgIpc) is 2.92. The Morgan fingerprint density at radius 1 is 1.33 bits per heavy atom. The van der Waals surface area contributed by atoms with E-state index >= 15 is 0 Å². The van der Waals surface area contributed by atoms with Gasteiger partial charge >= 0.3 is 0 Å². The van der Waals surface area contributed by atoms with Crippen LogP contribution in [0.15, 0.2) is 56.8 Å². The van der Waals surface area contributed by atoms with Gasteiger partial charge in [-0.15, -0.1) is 0 Å². The summed E-state index contributed by atoms with van der Waals surface area (Å²) >= 11 is 4.48. The molecule has 8 heteroatoms. The topological polar surface area (TPSA) is 67.8 Å². The minimum absolute atomic E-state index is 0.185. The highest BCUT2D eigenvalue weighted by Crippen LogP contribution is 2.32. The normalized spacial score (nSPS) is 15.0. The molecule has 0 saturated heterocycles. The van der Waals surface area contributed by atoms with Crippen molar-refractivity contribution >= 4 is 50.7 Å². The second-order valence-corrected chi connectivity index (χ2v) is 7.56. The maximum atomic E-state index is 13.3. The minimum atomic E-state index is -0.431. The van der Waals surface area contributed by atoms with E-state index in [0.29, 0.717) is 21.8 Å². The van der Waals surface area contributed by atoms with Gasteiger partial charge in [-0.25, -0.2) is 4.39 Å². The number of hydrogen-bond acceptors (Lipinski definition) is 4. The number of carbonyl (C=O) groups excluding carboxylic acids is 2. The third-order valence-corrected chi connectivity index (χ3v) is 4.84. The third-order valence-electron chi connectivity index (χ3n) is 3.45. The van der Waals surface area contributed by atoms with Crippen LogP contribution in [0.3, 0.4) is 0 Å². The van der Waals surface area contributed by atoms with Gasteiger partial charge in [0, 0.05) is 17.0 Å². The number of rotatable bonds is 4. The third kappa shape index (κ3) is 5.27. The average molecular weight is 449 g/mol. The second-order valence-electron chi connectivity index (χ2n) is 5.61. The molecule has 0 bridgehead atoms. The van der Waals surface area contributed by atoms with Crippen molar-refractivity contribution in [3.05, 3.63) is 68.8 Å². The van der Waals surface area contributed by atoms with E-state index < -0.39 is 5.91 Å². The molecular weight excluding hydrogens is 435 g/mol. The van der Waals surface area contributed by atoms with Crippen LogP contribution in [-0.4, -0.2) is 17.0 Å². The summed E-state index contributed by atoms with van der Waals surface area (Å²) in [5.74, 6) is -0.516. The Kier molecular flexibility index (Phi) is 6.08. The van der Waals surface area contributed by atoms with E-state index in [1.165, 1.54) is 19.1 Å². The lowest BCUT2D eigenvalue weighted by molar-refractivity contribution is -0.117. The zero-order chi connectivity index (χ0) is 19.4. The first-order valence-electron chi connectivity index (χ1n) is 7.87. The van der Waals surface area contributed by atoms with Gasteiger partial charge in [-0.3, -0.25) is 9.59 Å². The lowest BCUT2D eigenvalue weighted by Gasteiger charge is -2.10. The van der Waals surface area contributed by atoms with Crippen molar-refractivity contribution < 1.29 is 18.7 Å². The van der Waals surface area contributed by atoms with Crippen molar-refractivity contribution in [2.24, 2.45) is 4.99 Å². The Balaban J connectivity index is 1.80. The predicted molar refractivity (Wildman–Crippen MR) is 107 cm³/mol. The van der Waals surface area contributed by atoms with Crippen molar-refractivity contribution in [1.82, 2.24) is 5.32 Å². The largest absolute Gasteiger partial charge is 0.488 e. The molecule has 1 N–H and O–H groups in total. The summed E-state index contributed by atoms with van der Waals surface area (Å²) in [6.07, 6.45) is 1.65. The van der Waals surface area contributed by atoms with Crippen LogP contribution in [0.2, 0.25) is 0 Å². The molecule has 1 aliphatic rings. The molecule has 0 spiro atoms. The van der Waals surface area contributed by atoms with Gasteiger partial charge in [-0.05, 0) is 53.7 Å². The summed E-state index contributed by atoms with van der Waals surface area (Å²) in [7, 11) is 0. The summed E-state index contributed by atoms with van der Waals surface area (Å²) in [5.41, 5.74) is 1.36. The SMILES string of the molecule is CC(=O)NC1=NC(=O)C(=Cc2cc(Br)ccc2OCc2cccc(F)c2)S1. The molecule has 27 heavy (non-hydrogen) atoms. The fraction of sp³-hybridized carbons (Fsp3) is 0.105. The maximum Gasteiger partial charge on any atom is 0.286 e. The van der Waals surface area contributed by atoms with E-state index in [0.717, 1.165) is 16.2 Å². The number of ether oxygens (including phenoxy) is 1. The Morgan fingerprint density at radius 2 is 2.15 bits per heavy atom. The lowest BCUT2D eigenvalue weighted by Crippen LogP contribution is -2.23. The molecule has 2 aromatic carbocycles. The number of carbonyl (C=O) groups is 2. The summed E-state index contributed by atoms with van der Waals surface area (Å²) < 4.78 is 19.9. The molecule has 1 aliphatic heterocycles. The predicted octanol–water partition coefficient (Wildman–Crippen LogP) is 4.27. The molecular formula is C19H14BrFN2O3S. The Morgan fingerprint density at radius 3 is 2.89 bits per heavy atom. The van der Waals surface area contributed by atoms with Crippen LogP contribution in [0.25, 0.3) is 6.08 Å². The number of nitrogens with one attached hydrogen (secondary N) is 1. The first-order chi connectivity index (χ1) is 12.9. The fourth-order valence-corrected chi connectivity index (χ4v) is 3.54. The van der Waals surface area contributed by atoms with Crippen LogP contribution < -0.4 is 10.1 Å². The second kappa shape index (κ2) is 8.49. The van der Waals surface area contributed by atoms with Gasteiger partial charge in [-0.1, -0.05) is 28.1 Å². The highest BCUT2D eigenvalue weighted by Gasteiger charge is 2.23. The molecule has 0 aromatic heterocycles. The van der Waals surface area contributed by atoms with E-state index in [4.69, 9.17) is 4.74 Å². The van der Waals surface area contributed by atoms with Crippen LogP contribution in [-0.2, 0) is 16.2 Å². The number of thioether (sulfide) groups is 1. The van der Waals surface area contributed by atoms with Gasteiger partial charge in [0.05, 0.1) is 4.91 Å². The zero-order valence-electron chi connectivity index (χ0n) is 14.2. The molecule has 0 fully saturated rings. The van der Waals surface area contributed by atoms with Gasteiger partial charge in [0.1, 0.15) is 18.2 Å². The summed E-state index contributed by atoms with van der Waals surface area (Å²) in [6.45, 7) is 1.53. The molecule has 0 aliphatic carbocycles. The highest BCUT2D eigenvalue weighted by molar-refractivity contribution is 9.10. The van der Waals surface area contributed by atoms with E-state index in [9.17, 15) is 14.0 Å². The molecule has 0 radical (unpaired) electrons. The van der Waals surface area contributed by atoms with E-state index in [-0.39, 0.29) is 23.5 Å². The van der Waals surface area contributed by atoms with Crippen LogP contribution in [0.4, 0.5) is 4.39 Å². The molecule has 2 amide bonds. The van der Waals surface area contributed by atoms with Crippen molar-refractivity contribution in [3.8, 4) is 5.75 Å². The molecule has 2 aromatic rings. The van der Waals surface area contributed by atoms with Gasteiger partial charge in [-0.2, -0.15) is 4.99 Å². The zero-order valence-corrected chi connectivity index (χ0v) is 16.6. The fourth-order valence-electron chi connectivity index (χ4n) is 2.31. The number of benzene rings is 2. The molecule has 138 valence electrons. The van der Waals surface area contributed by atoms with Crippen molar-refractivity contribution in [1.29, 1.82) is 0 Å². The molecule has 5 nitrogen and oxygen atoms in total. The van der Waals surface area contributed by atoms with E-state index in [1.807, 2.05) is 6.07 Å². The molecule has 1 heterocycles. The number of halogens is 2. The molecule has 3 rings (SSSR count). The first kappa shape index (κ1) is 19.3. The Bertz CT molecular complexity index is 975. The van der Waals surface area contributed by atoms with Crippen LogP contribution in [0.1, 0.15) is 18.1 Å². The Hall–Kier alpha value is -2.45. The summed E-state index contributed by atoms with van der Waals surface area (Å²) in [5, 5.41) is 2.75. The summed E-state index contributed by atoms with van der Waals surface area (Å²) in [6, 6.07) is 11.5. The van der Waals surface area contributed by atoms with E-state index in [2.05, 4.69) is 26.2 Å². The van der Waals surface area contributed by atoms with Gasteiger partial charge < -0.3 is 10.1 Å². The first-order valence-corrected chi connectivity index (χ1v) is 9.48. The lowest BCUT2D eigenvalue weighted by atomic mass is 10.2. The quantitative estimate of drug-likeness (QED) is 0.708. The highest BCUT2D eigenvalue weighted by atomic mass is 79.9. The number of nitrogens with zero attached hydrogens (tertiary/aromatic N) is 1. The maximum absolute atomic E-state index is 13.3. The van der Waals surface area contributed by atoms with Crippen LogP contribution in [0.5, 0.6) is 5.75 Å². The van der Waals surface area contributed by atoms with Crippen molar-refractivity contribution in [2.75, 3.05) is 0 Å². The minimum Gasteiger partial charge on any atom is -0.488 e. The number of amides is 2. The van der Waals surface area contributed by atoms with Crippen molar-refractivity contribution in [2.45, 2.75) is 13.5 Å². The van der Waals surface area contributed by atoms with Gasteiger partial charge in [0.15, 0.2) is 5.17 Å². The van der Waals surface area contributed by atoms with Crippen LogP contribution in [0, 0.1) is 5.82 Å². The number of hydrogen-bond donors (Lipinski definition) is 1. The molecule has 0 unspecified atom stereocenters. The monoisotopic (exact) mass is 448 g/mol. The van der Waals surface area contributed by atoms with Crippen LogP contribution >= 0.6 is 27.7 Å². The standard InChI is InChI=1S/C19H14BrFN2O3S/c1-11(24)22-19-23-18(25)17(27-19)9-13-8-14(20)5-6-16(13)26-10-12-3-2-4-15(21)7-12/h2-9H,10H2,1H3,(H,22,23,24,25). The Labute approximate surface area is 167 Å². The number of amidine groups is 1. The van der Waals surface area contributed by atoms with Gasteiger partial charge in [0.25, 0.3) is 5.91 Å². The number of aliphatic imine (C=N–C) groups is 1. The van der Waals surface area contributed by atoms with Gasteiger partial charge in [0.2, 0.25) is 5.91 Å². The van der Waals surface area contributed by atoms with E-state index in [1.54, 1.807) is 30.3 Å². The molecule has 0 saturated carbocycles. The molecule has 0 atom stereocenters. The smallest absolute Gasteiger partial charge is 0.286 e. The summed E-state index contributed by atoms with van der Waals surface area (Å²) in [4.78, 5) is 27.4.